The van der Waals surface area contributed by atoms with Gasteiger partial charge in [-0.3, -0.25) is 14.2 Å². The minimum absolute atomic E-state index is 0.0204. The van der Waals surface area contributed by atoms with Crippen molar-refractivity contribution >= 4 is 11.6 Å². The summed E-state index contributed by atoms with van der Waals surface area (Å²) in [4.78, 5) is 24.9. The van der Waals surface area contributed by atoms with Gasteiger partial charge in [-0.05, 0) is 54.6 Å². The number of carbonyl (C=O) groups is 1. The molecule has 5 nitrogen and oxygen atoms in total. The minimum atomic E-state index is -0.437. The number of benzene rings is 2. The highest BCUT2D eigenvalue weighted by molar-refractivity contribution is 6.11. The van der Waals surface area contributed by atoms with Gasteiger partial charge < -0.3 is 10.5 Å². The van der Waals surface area contributed by atoms with Crippen LogP contribution in [0.25, 0.3) is 5.69 Å². The molecule has 0 unspecified atom stereocenters. The quantitative estimate of drug-likeness (QED) is 0.742. The fourth-order valence-electron chi connectivity index (χ4n) is 2.50. The lowest BCUT2D eigenvalue weighted by atomic mass is 10.0. The van der Waals surface area contributed by atoms with Crippen LogP contribution < -0.4 is 16.0 Å². The van der Waals surface area contributed by atoms with E-state index in [1.165, 1.54) is 48.1 Å². The number of nitrogens with zero attached hydrogens (tertiary/aromatic N) is 1. The van der Waals surface area contributed by atoms with Crippen LogP contribution in [-0.2, 0) is 0 Å². The first-order valence-electron chi connectivity index (χ1n) is 7.47. The van der Waals surface area contributed by atoms with Crippen LogP contribution in [0.5, 0.6) is 5.75 Å². The summed E-state index contributed by atoms with van der Waals surface area (Å²) in [5, 5.41) is 0. The molecule has 0 spiro atoms. The van der Waals surface area contributed by atoms with Gasteiger partial charge in [-0.15, -0.1) is 0 Å². The van der Waals surface area contributed by atoms with E-state index in [0.717, 1.165) is 0 Å². The molecule has 0 aliphatic rings. The summed E-state index contributed by atoms with van der Waals surface area (Å²) >= 11 is 0. The van der Waals surface area contributed by atoms with E-state index >= 15 is 0 Å². The van der Waals surface area contributed by atoms with E-state index in [1.54, 1.807) is 24.3 Å². The van der Waals surface area contributed by atoms with E-state index in [4.69, 9.17) is 10.5 Å². The standard InChI is InChI=1S/C19H15FN2O3/c1-25-15-8-6-14(7-9-15)22-17(23)11-10-16(19(22)21)18(24)12-2-4-13(20)5-3-12/h2-11H,21H2,1H3. The molecule has 3 rings (SSSR count). The third kappa shape index (κ3) is 3.14. The highest BCUT2D eigenvalue weighted by atomic mass is 19.1. The van der Waals surface area contributed by atoms with Crippen LogP contribution in [0, 0.1) is 5.82 Å². The minimum Gasteiger partial charge on any atom is -0.497 e. The summed E-state index contributed by atoms with van der Waals surface area (Å²) in [6, 6.07) is 14.5. The monoisotopic (exact) mass is 338 g/mol. The molecule has 0 fully saturated rings. The van der Waals surface area contributed by atoms with Gasteiger partial charge in [0.2, 0.25) is 0 Å². The molecule has 1 heterocycles. The molecule has 0 aliphatic carbocycles. The van der Waals surface area contributed by atoms with E-state index < -0.39 is 5.82 Å². The number of hydrogen-bond acceptors (Lipinski definition) is 4. The molecular weight excluding hydrogens is 323 g/mol. The summed E-state index contributed by atoms with van der Waals surface area (Å²) in [6.07, 6.45) is 0. The van der Waals surface area contributed by atoms with Gasteiger partial charge in [-0.2, -0.15) is 0 Å². The topological polar surface area (TPSA) is 74.3 Å². The van der Waals surface area contributed by atoms with Crippen molar-refractivity contribution in [2.24, 2.45) is 0 Å². The summed E-state index contributed by atoms with van der Waals surface area (Å²) in [6.45, 7) is 0. The number of aromatic nitrogens is 1. The average molecular weight is 338 g/mol. The maximum Gasteiger partial charge on any atom is 0.256 e. The third-order valence-electron chi connectivity index (χ3n) is 3.81. The Bertz CT molecular complexity index is 977. The maximum absolute atomic E-state index is 13.0. The Morgan fingerprint density at radius 1 is 1.00 bits per heavy atom. The molecule has 3 aromatic rings. The zero-order valence-corrected chi connectivity index (χ0v) is 13.4. The van der Waals surface area contributed by atoms with Crippen molar-refractivity contribution in [3.63, 3.8) is 0 Å². The second kappa shape index (κ2) is 6.60. The molecule has 2 aromatic carbocycles. The van der Waals surface area contributed by atoms with E-state index in [9.17, 15) is 14.0 Å². The van der Waals surface area contributed by atoms with Crippen molar-refractivity contribution in [2.75, 3.05) is 12.8 Å². The number of carbonyl (C=O) groups excluding carboxylic acids is 1. The number of hydrogen-bond donors (Lipinski definition) is 1. The van der Waals surface area contributed by atoms with Crippen LogP contribution in [0.1, 0.15) is 15.9 Å². The Balaban J connectivity index is 2.09. The zero-order valence-electron chi connectivity index (χ0n) is 13.4. The van der Waals surface area contributed by atoms with Crippen molar-refractivity contribution < 1.29 is 13.9 Å². The number of halogens is 1. The van der Waals surface area contributed by atoms with E-state index in [0.29, 0.717) is 11.4 Å². The largest absolute Gasteiger partial charge is 0.497 e. The predicted molar refractivity (Wildman–Crippen MR) is 92.8 cm³/mol. The summed E-state index contributed by atoms with van der Waals surface area (Å²) in [5.74, 6) is -0.173. The van der Waals surface area contributed by atoms with Crippen LogP contribution in [0.2, 0.25) is 0 Å². The highest BCUT2D eigenvalue weighted by Gasteiger charge is 2.17. The molecule has 1 aromatic heterocycles. The molecule has 0 radical (unpaired) electrons. The molecule has 0 saturated carbocycles. The van der Waals surface area contributed by atoms with E-state index in [2.05, 4.69) is 0 Å². The van der Waals surface area contributed by atoms with Crippen LogP contribution in [0.4, 0.5) is 10.2 Å². The van der Waals surface area contributed by atoms with Crippen LogP contribution >= 0.6 is 0 Å². The fourth-order valence-corrected chi connectivity index (χ4v) is 2.50. The number of nitrogen functional groups attached to an aromatic ring is 1. The molecule has 0 atom stereocenters. The first-order chi connectivity index (χ1) is 12.0. The first-order valence-corrected chi connectivity index (χ1v) is 7.47. The fraction of sp³-hybridized carbons (Fsp3) is 0.0526. The number of rotatable bonds is 4. The predicted octanol–water partition coefficient (Wildman–Crippen LogP) is 2.80. The molecule has 6 heteroatoms. The second-order valence-corrected chi connectivity index (χ2v) is 5.34. The van der Waals surface area contributed by atoms with Gasteiger partial charge in [0.25, 0.3) is 5.56 Å². The summed E-state index contributed by atoms with van der Waals surface area (Å²) in [7, 11) is 1.54. The Hall–Kier alpha value is -3.41. The Kier molecular flexibility index (Phi) is 4.35. The molecule has 126 valence electrons. The van der Waals surface area contributed by atoms with Crippen molar-refractivity contribution in [1.29, 1.82) is 0 Å². The number of anilines is 1. The molecule has 0 saturated heterocycles. The van der Waals surface area contributed by atoms with Crippen molar-refractivity contribution in [3.8, 4) is 11.4 Å². The van der Waals surface area contributed by atoms with Crippen molar-refractivity contribution in [3.05, 3.63) is 88.0 Å². The second-order valence-electron chi connectivity index (χ2n) is 5.34. The molecule has 0 amide bonds. The van der Waals surface area contributed by atoms with Gasteiger partial charge in [0.05, 0.1) is 18.4 Å². The lowest BCUT2D eigenvalue weighted by Gasteiger charge is -2.13. The number of ketones is 1. The lowest BCUT2D eigenvalue weighted by molar-refractivity contribution is 0.103. The van der Waals surface area contributed by atoms with Gasteiger partial charge >= 0.3 is 0 Å². The van der Waals surface area contributed by atoms with Crippen LogP contribution in [0.15, 0.2) is 65.5 Å². The number of methoxy groups -OCH3 is 1. The first kappa shape index (κ1) is 16.4. The molecule has 0 bridgehead atoms. The normalized spacial score (nSPS) is 10.5. The van der Waals surface area contributed by atoms with Crippen LogP contribution in [-0.4, -0.2) is 17.5 Å². The van der Waals surface area contributed by atoms with Crippen molar-refractivity contribution in [2.45, 2.75) is 0 Å². The molecule has 0 aliphatic heterocycles. The van der Waals surface area contributed by atoms with Crippen molar-refractivity contribution in [1.82, 2.24) is 4.57 Å². The number of nitrogens with two attached hydrogens (primary N) is 1. The third-order valence-corrected chi connectivity index (χ3v) is 3.81. The van der Waals surface area contributed by atoms with Crippen LogP contribution in [0.3, 0.4) is 0 Å². The maximum atomic E-state index is 13.0. The van der Waals surface area contributed by atoms with E-state index in [-0.39, 0.29) is 28.3 Å². The molecular formula is C19H15FN2O3. The average Bonchev–Trinajstić information content (AvgIpc) is 2.62. The zero-order chi connectivity index (χ0) is 18.0. The lowest BCUT2D eigenvalue weighted by Crippen LogP contribution is -2.23. The molecule has 25 heavy (non-hydrogen) atoms. The van der Waals surface area contributed by atoms with Gasteiger partial charge in [-0.1, -0.05) is 0 Å². The highest BCUT2D eigenvalue weighted by Crippen LogP contribution is 2.20. The van der Waals surface area contributed by atoms with Gasteiger partial charge in [0.15, 0.2) is 5.78 Å². The summed E-state index contributed by atoms with van der Waals surface area (Å²) in [5.41, 5.74) is 6.69. The van der Waals surface area contributed by atoms with E-state index in [1.807, 2.05) is 0 Å². The Morgan fingerprint density at radius 3 is 2.24 bits per heavy atom. The Labute approximate surface area is 143 Å². The van der Waals surface area contributed by atoms with Gasteiger partial charge in [0, 0.05) is 11.6 Å². The SMILES string of the molecule is COc1ccc(-n2c(N)c(C(=O)c3ccc(F)cc3)ccc2=O)cc1. The smallest absolute Gasteiger partial charge is 0.256 e. The molecule has 2 N–H and O–H groups in total. The van der Waals surface area contributed by atoms with Gasteiger partial charge in [-0.25, -0.2) is 4.39 Å². The van der Waals surface area contributed by atoms with Gasteiger partial charge in [0.1, 0.15) is 17.4 Å². The Morgan fingerprint density at radius 2 is 1.64 bits per heavy atom. The number of pyridine rings is 1. The summed E-state index contributed by atoms with van der Waals surface area (Å²) < 4.78 is 19.4. The number of ether oxygens (including phenoxy) is 1.